The number of piperazine rings is 1. The monoisotopic (exact) mass is 396 g/mol. The van der Waals surface area contributed by atoms with Crippen molar-refractivity contribution in [3.05, 3.63) is 35.4 Å². The van der Waals surface area contributed by atoms with Crippen LogP contribution in [0.1, 0.15) is 17.5 Å². The molecule has 0 bridgehead atoms. The van der Waals surface area contributed by atoms with E-state index < -0.39 is 24.3 Å². The molecule has 1 saturated heterocycles. The molecule has 0 radical (unpaired) electrons. The van der Waals surface area contributed by atoms with E-state index in [-0.39, 0.29) is 6.54 Å². The fourth-order valence-electron chi connectivity index (χ4n) is 2.82. The predicted octanol–water partition coefficient (Wildman–Crippen LogP) is 3.35. The lowest BCUT2D eigenvalue weighted by Gasteiger charge is -2.36. The van der Waals surface area contributed by atoms with Crippen LogP contribution in [0.2, 0.25) is 0 Å². The Balaban J connectivity index is 1.80. The first-order chi connectivity index (χ1) is 12.6. The number of nitrogens with one attached hydrogen (secondary N) is 1. The van der Waals surface area contributed by atoms with Crippen LogP contribution in [0.25, 0.3) is 0 Å². The van der Waals surface area contributed by atoms with Crippen LogP contribution in [0, 0.1) is 0 Å². The van der Waals surface area contributed by atoms with Crippen LogP contribution < -0.4 is 5.32 Å². The maximum atomic E-state index is 12.6. The second-order valence-corrected chi connectivity index (χ2v) is 6.30. The summed E-state index contributed by atoms with van der Waals surface area (Å²) >= 11 is 0. The molecule has 0 spiro atoms. The summed E-state index contributed by atoms with van der Waals surface area (Å²) in [6.07, 6.45) is -9.49. The van der Waals surface area contributed by atoms with Crippen molar-refractivity contribution in [2.75, 3.05) is 39.8 Å². The molecule has 0 unspecified atom stereocenters. The lowest BCUT2D eigenvalue weighted by Crippen LogP contribution is -2.52. The van der Waals surface area contributed by atoms with Gasteiger partial charge in [-0.1, -0.05) is 12.1 Å². The SMILES string of the molecule is CN=C(NCCC(F)(F)F)N1CCN(Cc2ccc(C(F)(F)F)cc2)CC1. The highest BCUT2D eigenvalue weighted by Gasteiger charge is 2.30. The highest BCUT2D eigenvalue weighted by Crippen LogP contribution is 2.29. The zero-order chi connectivity index (χ0) is 20.1. The molecule has 1 fully saturated rings. The van der Waals surface area contributed by atoms with Gasteiger partial charge in [0.2, 0.25) is 0 Å². The standard InChI is InChI=1S/C17H22F6N4/c1-24-15(25-7-6-16(18,19)20)27-10-8-26(9-11-27)12-13-2-4-14(5-3-13)17(21,22)23/h2-5H,6-12H2,1H3,(H,24,25). The van der Waals surface area contributed by atoms with Gasteiger partial charge in [-0.05, 0) is 17.7 Å². The molecule has 1 heterocycles. The Labute approximate surface area is 153 Å². The van der Waals surface area contributed by atoms with Crippen molar-refractivity contribution < 1.29 is 26.3 Å². The Hall–Kier alpha value is -1.97. The number of halogens is 6. The number of benzene rings is 1. The van der Waals surface area contributed by atoms with Crippen LogP contribution in [-0.4, -0.2) is 61.7 Å². The second kappa shape index (κ2) is 8.81. The number of rotatable bonds is 4. The Morgan fingerprint density at radius 2 is 1.59 bits per heavy atom. The fourth-order valence-corrected chi connectivity index (χ4v) is 2.82. The van der Waals surface area contributed by atoms with Gasteiger partial charge in [-0.3, -0.25) is 9.89 Å². The summed E-state index contributed by atoms with van der Waals surface area (Å²) in [5.41, 5.74) is 0.105. The summed E-state index contributed by atoms with van der Waals surface area (Å²) in [6.45, 7) is 2.72. The first-order valence-corrected chi connectivity index (χ1v) is 8.49. The van der Waals surface area contributed by atoms with E-state index in [1.54, 1.807) is 0 Å². The minimum Gasteiger partial charge on any atom is -0.356 e. The largest absolute Gasteiger partial charge is 0.416 e. The quantitative estimate of drug-likeness (QED) is 0.481. The van der Waals surface area contributed by atoms with Gasteiger partial charge in [0.1, 0.15) is 0 Å². The molecule has 1 aromatic carbocycles. The van der Waals surface area contributed by atoms with Gasteiger partial charge in [0.15, 0.2) is 5.96 Å². The third-order valence-electron chi connectivity index (χ3n) is 4.26. The first-order valence-electron chi connectivity index (χ1n) is 8.49. The molecule has 1 aliphatic heterocycles. The number of alkyl halides is 6. The first kappa shape index (κ1) is 21.3. The van der Waals surface area contributed by atoms with Crippen molar-refractivity contribution in [2.45, 2.75) is 25.3 Å². The highest BCUT2D eigenvalue weighted by molar-refractivity contribution is 5.79. The van der Waals surface area contributed by atoms with Crippen LogP contribution >= 0.6 is 0 Å². The van der Waals surface area contributed by atoms with Gasteiger partial charge in [-0.25, -0.2) is 0 Å². The molecule has 1 aliphatic rings. The second-order valence-electron chi connectivity index (χ2n) is 6.30. The van der Waals surface area contributed by atoms with E-state index in [1.165, 1.54) is 19.2 Å². The molecular formula is C17H22F6N4. The normalized spacial score (nSPS) is 17.3. The van der Waals surface area contributed by atoms with Gasteiger partial charge in [-0.15, -0.1) is 0 Å². The van der Waals surface area contributed by atoms with E-state index in [4.69, 9.17) is 0 Å². The Morgan fingerprint density at radius 1 is 1.00 bits per heavy atom. The predicted molar refractivity (Wildman–Crippen MR) is 90.3 cm³/mol. The molecule has 0 amide bonds. The maximum absolute atomic E-state index is 12.6. The van der Waals surface area contributed by atoms with Crippen molar-refractivity contribution >= 4 is 5.96 Å². The molecule has 0 aromatic heterocycles. The molecular weight excluding hydrogens is 374 g/mol. The molecule has 152 valence electrons. The van der Waals surface area contributed by atoms with E-state index in [0.29, 0.717) is 38.7 Å². The van der Waals surface area contributed by atoms with Gasteiger partial charge in [0.25, 0.3) is 0 Å². The summed E-state index contributed by atoms with van der Waals surface area (Å²) in [5, 5.41) is 2.71. The average Bonchev–Trinajstić information content (AvgIpc) is 2.58. The minimum absolute atomic E-state index is 0.234. The Kier molecular flexibility index (Phi) is 6.96. The summed E-state index contributed by atoms with van der Waals surface area (Å²) in [5.74, 6) is 0.424. The van der Waals surface area contributed by atoms with E-state index >= 15 is 0 Å². The van der Waals surface area contributed by atoms with E-state index in [9.17, 15) is 26.3 Å². The van der Waals surface area contributed by atoms with Crippen molar-refractivity contribution in [3.8, 4) is 0 Å². The van der Waals surface area contributed by atoms with E-state index in [2.05, 4.69) is 15.2 Å². The van der Waals surface area contributed by atoms with E-state index in [1.807, 2.05) is 4.90 Å². The van der Waals surface area contributed by atoms with Gasteiger partial charge in [0, 0.05) is 46.3 Å². The van der Waals surface area contributed by atoms with Crippen molar-refractivity contribution in [1.29, 1.82) is 0 Å². The average molecular weight is 396 g/mol. The van der Waals surface area contributed by atoms with Gasteiger partial charge in [0.05, 0.1) is 12.0 Å². The van der Waals surface area contributed by atoms with Crippen LogP contribution in [0.15, 0.2) is 29.3 Å². The zero-order valence-electron chi connectivity index (χ0n) is 14.9. The highest BCUT2D eigenvalue weighted by atomic mass is 19.4. The lowest BCUT2D eigenvalue weighted by molar-refractivity contribution is -0.137. The summed E-state index contributed by atoms with van der Waals surface area (Å²) in [7, 11) is 1.52. The molecule has 0 aliphatic carbocycles. The summed E-state index contributed by atoms with van der Waals surface area (Å²) in [4.78, 5) is 7.97. The number of hydrogen-bond acceptors (Lipinski definition) is 2. The molecule has 0 atom stereocenters. The van der Waals surface area contributed by atoms with Crippen LogP contribution in [0.4, 0.5) is 26.3 Å². The Morgan fingerprint density at radius 3 is 2.07 bits per heavy atom. The molecule has 2 rings (SSSR count). The van der Waals surface area contributed by atoms with Gasteiger partial charge >= 0.3 is 12.4 Å². The third kappa shape index (κ3) is 6.93. The molecule has 27 heavy (non-hydrogen) atoms. The molecule has 0 saturated carbocycles. The molecule has 1 aromatic rings. The number of nitrogens with zero attached hydrogens (tertiary/aromatic N) is 3. The smallest absolute Gasteiger partial charge is 0.356 e. The number of aliphatic imine (C=N–C) groups is 1. The summed E-state index contributed by atoms with van der Waals surface area (Å²) < 4.78 is 74.5. The number of guanidine groups is 1. The lowest BCUT2D eigenvalue weighted by atomic mass is 10.1. The topological polar surface area (TPSA) is 30.9 Å². The minimum atomic E-state index is -4.35. The van der Waals surface area contributed by atoms with Crippen molar-refractivity contribution in [1.82, 2.24) is 15.1 Å². The van der Waals surface area contributed by atoms with Crippen molar-refractivity contribution in [2.24, 2.45) is 4.99 Å². The fraction of sp³-hybridized carbons (Fsp3) is 0.588. The molecule has 10 heteroatoms. The summed E-state index contributed by atoms with van der Waals surface area (Å²) in [6, 6.07) is 5.07. The zero-order valence-corrected chi connectivity index (χ0v) is 14.9. The molecule has 1 N–H and O–H groups in total. The van der Waals surface area contributed by atoms with Gasteiger partial charge in [-0.2, -0.15) is 26.3 Å². The van der Waals surface area contributed by atoms with Crippen LogP contribution in [-0.2, 0) is 12.7 Å². The van der Waals surface area contributed by atoms with Crippen molar-refractivity contribution in [3.63, 3.8) is 0 Å². The van der Waals surface area contributed by atoms with Crippen LogP contribution in [0.3, 0.4) is 0 Å². The van der Waals surface area contributed by atoms with Crippen LogP contribution in [0.5, 0.6) is 0 Å². The van der Waals surface area contributed by atoms with E-state index in [0.717, 1.165) is 17.7 Å². The Bertz CT molecular complexity index is 616. The molecule has 4 nitrogen and oxygen atoms in total. The van der Waals surface area contributed by atoms with Gasteiger partial charge < -0.3 is 10.2 Å². The number of hydrogen-bond donors (Lipinski definition) is 1. The maximum Gasteiger partial charge on any atom is 0.416 e. The third-order valence-corrected chi connectivity index (χ3v) is 4.26.